The number of hydrogen-bond acceptors (Lipinski definition) is 5. The van der Waals surface area contributed by atoms with Crippen LogP contribution in [0.4, 0.5) is 0 Å². The molecule has 1 N–H and O–H groups in total. The molecule has 0 saturated carbocycles. The van der Waals surface area contributed by atoms with Crippen molar-refractivity contribution in [3.05, 3.63) is 83.6 Å². The molecule has 0 fully saturated rings. The van der Waals surface area contributed by atoms with Crippen LogP contribution in [0.2, 0.25) is 0 Å². The molecule has 0 aromatic heterocycles. The van der Waals surface area contributed by atoms with Crippen molar-refractivity contribution in [1.82, 2.24) is 5.32 Å². The Morgan fingerprint density at radius 1 is 1.00 bits per heavy atom. The maximum atomic E-state index is 11.7. The highest BCUT2D eigenvalue weighted by molar-refractivity contribution is 5.73. The third-order valence-corrected chi connectivity index (χ3v) is 4.47. The van der Waals surface area contributed by atoms with E-state index in [0.717, 1.165) is 11.1 Å². The van der Waals surface area contributed by atoms with E-state index in [1.54, 1.807) is 7.11 Å². The van der Waals surface area contributed by atoms with E-state index in [1.165, 1.54) is 6.92 Å². The van der Waals surface area contributed by atoms with Crippen molar-refractivity contribution in [2.75, 3.05) is 13.7 Å². The number of nitrogens with one attached hydrogen (secondary N) is 1. The van der Waals surface area contributed by atoms with E-state index in [9.17, 15) is 4.79 Å². The normalized spacial score (nSPS) is 21.3. The van der Waals surface area contributed by atoms with Gasteiger partial charge in [0.1, 0.15) is 24.5 Å². The molecule has 2 aromatic rings. The average molecular weight is 397 g/mol. The largest absolute Gasteiger partial charge is 0.491 e. The summed E-state index contributed by atoms with van der Waals surface area (Å²) in [6, 6.07) is 19.3. The van der Waals surface area contributed by atoms with Gasteiger partial charge in [-0.2, -0.15) is 0 Å². The zero-order chi connectivity index (χ0) is 20.5. The lowest BCUT2D eigenvalue weighted by Crippen LogP contribution is -2.51. The second-order valence-electron chi connectivity index (χ2n) is 6.80. The first-order chi connectivity index (χ1) is 14.2. The minimum Gasteiger partial charge on any atom is -0.491 e. The lowest BCUT2D eigenvalue weighted by Gasteiger charge is -2.35. The van der Waals surface area contributed by atoms with Gasteiger partial charge in [0.2, 0.25) is 5.91 Å². The number of rotatable bonds is 9. The summed E-state index contributed by atoms with van der Waals surface area (Å²) in [4.78, 5) is 11.7. The summed E-state index contributed by atoms with van der Waals surface area (Å²) in [7, 11) is 1.54. The van der Waals surface area contributed by atoms with Gasteiger partial charge in [-0.15, -0.1) is 0 Å². The predicted molar refractivity (Wildman–Crippen MR) is 109 cm³/mol. The van der Waals surface area contributed by atoms with E-state index in [0.29, 0.717) is 25.6 Å². The smallest absolute Gasteiger partial charge is 0.217 e. The molecular formula is C23H27NO5. The standard InChI is InChI=1S/C23H27NO5/c1-17(25)24-22-21(28-15-19-11-7-4-8-12-19)13-20(29-23(22)26-2)16-27-14-18-9-5-3-6-10-18/h3-13,20,22-23H,14-16H2,1-2H3,(H,24,25)/t20-,22-,23+/m0/s1. The molecule has 0 bridgehead atoms. The number of carbonyl (C=O) groups is 1. The Labute approximate surface area is 171 Å². The van der Waals surface area contributed by atoms with Crippen molar-refractivity contribution in [1.29, 1.82) is 0 Å². The molecule has 1 aliphatic heterocycles. The Morgan fingerprint density at radius 2 is 1.62 bits per heavy atom. The zero-order valence-electron chi connectivity index (χ0n) is 16.7. The molecule has 0 radical (unpaired) electrons. The maximum absolute atomic E-state index is 11.7. The third-order valence-electron chi connectivity index (χ3n) is 4.47. The van der Waals surface area contributed by atoms with Crippen molar-refractivity contribution in [3.63, 3.8) is 0 Å². The van der Waals surface area contributed by atoms with Crippen LogP contribution in [0.1, 0.15) is 18.1 Å². The number of ether oxygens (including phenoxy) is 4. The summed E-state index contributed by atoms with van der Waals surface area (Å²) >= 11 is 0. The van der Waals surface area contributed by atoms with E-state index in [4.69, 9.17) is 18.9 Å². The monoisotopic (exact) mass is 397 g/mol. The van der Waals surface area contributed by atoms with Gasteiger partial charge in [-0.3, -0.25) is 4.79 Å². The van der Waals surface area contributed by atoms with Gasteiger partial charge >= 0.3 is 0 Å². The fourth-order valence-electron chi connectivity index (χ4n) is 3.09. The van der Waals surface area contributed by atoms with Crippen LogP contribution in [-0.2, 0) is 37.0 Å². The number of hydrogen-bond donors (Lipinski definition) is 1. The highest BCUT2D eigenvalue weighted by atomic mass is 16.7. The Balaban J connectivity index is 1.67. The first-order valence-electron chi connectivity index (χ1n) is 9.61. The number of methoxy groups -OCH3 is 1. The highest BCUT2D eigenvalue weighted by Crippen LogP contribution is 2.23. The number of benzene rings is 2. The fourth-order valence-corrected chi connectivity index (χ4v) is 3.09. The van der Waals surface area contributed by atoms with E-state index < -0.39 is 12.3 Å². The molecule has 2 aromatic carbocycles. The van der Waals surface area contributed by atoms with Gasteiger partial charge in [0.15, 0.2) is 6.29 Å². The quantitative estimate of drug-likeness (QED) is 0.704. The average Bonchev–Trinajstić information content (AvgIpc) is 2.74. The molecule has 154 valence electrons. The van der Waals surface area contributed by atoms with Crippen molar-refractivity contribution < 1.29 is 23.7 Å². The van der Waals surface area contributed by atoms with Crippen LogP contribution >= 0.6 is 0 Å². The summed E-state index contributed by atoms with van der Waals surface area (Å²) in [5, 5.41) is 2.85. The lowest BCUT2D eigenvalue weighted by atomic mass is 10.1. The van der Waals surface area contributed by atoms with Crippen LogP contribution in [0.15, 0.2) is 72.5 Å². The molecular weight excluding hydrogens is 370 g/mol. The molecule has 6 nitrogen and oxygen atoms in total. The maximum Gasteiger partial charge on any atom is 0.217 e. The molecule has 3 atom stereocenters. The summed E-state index contributed by atoms with van der Waals surface area (Å²) in [6.45, 7) is 2.68. The fraction of sp³-hybridized carbons (Fsp3) is 0.348. The molecule has 0 aliphatic carbocycles. The van der Waals surface area contributed by atoms with Gasteiger partial charge in [-0.05, 0) is 17.2 Å². The van der Waals surface area contributed by atoms with E-state index in [2.05, 4.69) is 5.32 Å². The van der Waals surface area contributed by atoms with Crippen LogP contribution in [-0.4, -0.2) is 38.1 Å². The predicted octanol–water partition coefficient (Wildman–Crippen LogP) is 3.18. The molecule has 1 amide bonds. The van der Waals surface area contributed by atoms with Crippen molar-refractivity contribution in [2.24, 2.45) is 0 Å². The van der Waals surface area contributed by atoms with Crippen LogP contribution in [0.3, 0.4) is 0 Å². The van der Waals surface area contributed by atoms with E-state index in [-0.39, 0.29) is 12.0 Å². The first kappa shape index (κ1) is 21.0. The van der Waals surface area contributed by atoms with Gasteiger partial charge in [0.05, 0.1) is 13.2 Å². The van der Waals surface area contributed by atoms with Crippen LogP contribution in [0, 0.1) is 0 Å². The molecule has 0 spiro atoms. The second-order valence-corrected chi connectivity index (χ2v) is 6.80. The van der Waals surface area contributed by atoms with Crippen LogP contribution in [0.25, 0.3) is 0 Å². The molecule has 0 saturated heterocycles. The van der Waals surface area contributed by atoms with Gasteiger partial charge < -0.3 is 24.3 Å². The Hall–Kier alpha value is -2.67. The van der Waals surface area contributed by atoms with Gasteiger partial charge in [-0.25, -0.2) is 0 Å². The summed E-state index contributed by atoms with van der Waals surface area (Å²) in [6.07, 6.45) is 0.837. The molecule has 29 heavy (non-hydrogen) atoms. The summed E-state index contributed by atoms with van der Waals surface area (Å²) < 4.78 is 23.3. The SMILES string of the molecule is CO[C@@H]1O[C@H](COCc2ccccc2)C=C(OCc2ccccc2)[C@@H]1NC(C)=O. The minimum absolute atomic E-state index is 0.186. The molecule has 1 heterocycles. The van der Waals surface area contributed by atoms with Crippen LogP contribution in [0.5, 0.6) is 0 Å². The van der Waals surface area contributed by atoms with Crippen LogP contribution < -0.4 is 5.32 Å². The highest BCUT2D eigenvalue weighted by Gasteiger charge is 2.35. The van der Waals surface area contributed by atoms with E-state index in [1.807, 2.05) is 66.7 Å². The van der Waals surface area contributed by atoms with Crippen molar-refractivity contribution >= 4 is 5.91 Å². The molecule has 3 rings (SSSR count). The van der Waals surface area contributed by atoms with E-state index >= 15 is 0 Å². The van der Waals surface area contributed by atoms with Crippen molar-refractivity contribution in [2.45, 2.75) is 38.6 Å². The van der Waals surface area contributed by atoms with Crippen molar-refractivity contribution in [3.8, 4) is 0 Å². The Bertz CT molecular complexity index is 793. The minimum atomic E-state index is -0.667. The van der Waals surface area contributed by atoms with Gasteiger partial charge in [-0.1, -0.05) is 60.7 Å². The molecule has 6 heteroatoms. The third kappa shape index (κ3) is 6.42. The molecule has 1 aliphatic rings. The topological polar surface area (TPSA) is 66.0 Å². The lowest BCUT2D eigenvalue weighted by molar-refractivity contribution is -0.183. The van der Waals surface area contributed by atoms with Gasteiger partial charge in [0, 0.05) is 14.0 Å². The summed E-state index contributed by atoms with van der Waals surface area (Å²) in [5.41, 5.74) is 2.12. The van der Waals surface area contributed by atoms with Gasteiger partial charge in [0.25, 0.3) is 0 Å². The number of amides is 1. The summed E-state index contributed by atoms with van der Waals surface area (Å²) in [5.74, 6) is 0.420. The molecule has 0 unspecified atom stereocenters. The first-order valence-corrected chi connectivity index (χ1v) is 9.61. The zero-order valence-corrected chi connectivity index (χ0v) is 16.7. The Morgan fingerprint density at radius 3 is 2.21 bits per heavy atom. The number of carbonyl (C=O) groups excluding carboxylic acids is 1. The second kappa shape index (κ2) is 10.8. The Kier molecular flexibility index (Phi) is 7.81.